The number of thiazole rings is 1. The van der Waals surface area contributed by atoms with Gasteiger partial charge in [0.2, 0.25) is 0 Å². The van der Waals surface area contributed by atoms with Crippen molar-refractivity contribution in [1.82, 2.24) is 4.98 Å². The number of nitrogens with zero attached hydrogens (tertiary/aromatic N) is 2. The van der Waals surface area contributed by atoms with Crippen LogP contribution in [0.5, 0.6) is 0 Å². The minimum atomic E-state index is -0.944. The molecule has 0 spiro atoms. The molecule has 0 radical (unpaired) electrons. The van der Waals surface area contributed by atoms with Crippen molar-refractivity contribution in [3.05, 3.63) is 50.3 Å². The number of aryl methyl sites for hydroxylation is 1. The Morgan fingerprint density at radius 1 is 1.50 bits per heavy atom. The smallest absolute Gasteiger partial charge is 0.272 e. The van der Waals surface area contributed by atoms with Crippen LogP contribution < -0.4 is 11.1 Å². The van der Waals surface area contributed by atoms with Crippen LogP contribution in [-0.2, 0) is 12.8 Å². The first-order valence-corrected chi connectivity index (χ1v) is 7.75. The second-order valence-electron chi connectivity index (χ2n) is 5.27. The lowest BCUT2D eigenvalue weighted by Gasteiger charge is -2.15. The molecule has 3 rings (SSSR count). The number of anilines is 1. The molecule has 0 fully saturated rings. The molecule has 0 saturated carbocycles. The number of nitro groups is 1. The molecule has 1 aromatic heterocycles. The minimum absolute atomic E-state index is 0. The Kier molecular flexibility index (Phi) is 5.47. The molecular formula is C14H14ClFN4O3S. The summed E-state index contributed by atoms with van der Waals surface area (Å²) in [5, 5.41) is 13.5. The molecule has 128 valence electrons. The average molecular weight is 373 g/mol. The van der Waals surface area contributed by atoms with Crippen molar-refractivity contribution < 1.29 is 14.1 Å². The Bertz CT molecular complexity index is 798. The van der Waals surface area contributed by atoms with Crippen molar-refractivity contribution in [3.63, 3.8) is 0 Å². The van der Waals surface area contributed by atoms with Crippen LogP contribution in [0.1, 0.15) is 27.3 Å². The zero-order valence-corrected chi connectivity index (χ0v) is 14.0. The van der Waals surface area contributed by atoms with E-state index in [1.165, 1.54) is 11.3 Å². The number of hydrogen-bond acceptors (Lipinski definition) is 6. The van der Waals surface area contributed by atoms with Crippen molar-refractivity contribution in [2.75, 3.05) is 5.32 Å². The number of non-ortho nitro benzene ring substituents is 1. The number of aromatic nitrogens is 1. The standard InChI is InChI=1S/C14H13FN4O3S.ClH/c15-10-6-8(19(21)22)2-3-9(10)13(20)18-14-17-11-4-1-7(16)5-12(11)23-14;/h2-3,6-7H,1,4-5,16H2,(H,17,18,20);1H/t7-;/m0./s1. The maximum absolute atomic E-state index is 13.8. The van der Waals surface area contributed by atoms with E-state index in [-0.39, 0.29) is 24.0 Å². The lowest BCUT2D eigenvalue weighted by molar-refractivity contribution is -0.385. The molecule has 3 N–H and O–H groups in total. The van der Waals surface area contributed by atoms with E-state index in [1.54, 1.807) is 0 Å². The minimum Gasteiger partial charge on any atom is -0.327 e. The van der Waals surface area contributed by atoms with Gasteiger partial charge in [0.05, 0.1) is 22.2 Å². The largest absolute Gasteiger partial charge is 0.327 e. The summed E-state index contributed by atoms with van der Waals surface area (Å²) >= 11 is 1.32. The Labute approximate surface area is 146 Å². The van der Waals surface area contributed by atoms with Gasteiger partial charge in [0.15, 0.2) is 5.13 Å². The predicted octanol–water partition coefficient (Wildman–Crippen LogP) is 2.68. The van der Waals surface area contributed by atoms with Gasteiger partial charge in [-0.05, 0) is 25.3 Å². The first-order valence-electron chi connectivity index (χ1n) is 6.93. The van der Waals surface area contributed by atoms with Crippen molar-refractivity contribution in [2.45, 2.75) is 25.3 Å². The van der Waals surface area contributed by atoms with Gasteiger partial charge in [-0.1, -0.05) is 0 Å². The van der Waals surface area contributed by atoms with Gasteiger partial charge < -0.3 is 5.73 Å². The van der Waals surface area contributed by atoms with Crippen molar-refractivity contribution in [3.8, 4) is 0 Å². The fraction of sp³-hybridized carbons (Fsp3) is 0.286. The van der Waals surface area contributed by atoms with Crippen molar-refractivity contribution >= 4 is 40.5 Å². The number of rotatable bonds is 3. The van der Waals surface area contributed by atoms with Crippen LogP contribution in [0.15, 0.2) is 18.2 Å². The Hall–Kier alpha value is -2.10. The van der Waals surface area contributed by atoms with Crippen LogP contribution in [0.3, 0.4) is 0 Å². The molecule has 7 nitrogen and oxygen atoms in total. The van der Waals surface area contributed by atoms with Gasteiger partial charge >= 0.3 is 0 Å². The van der Waals surface area contributed by atoms with E-state index < -0.39 is 22.3 Å². The maximum Gasteiger partial charge on any atom is 0.272 e. The maximum atomic E-state index is 13.8. The number of nitro benzene ring substituents is 1. The molecule has 1 heterocycles. The number of benzene rings is 1. The van der Waals surface area contributed by atoms with Crippen LogP contribution in [-0.4, -0.2) is 21.9 Å². The molecule has 24 heavy (non-hydrogen) atoms. The van der Waals surface area contributed by atoms with Gasteiger partial charge in [-0.15, -0.1) is 23.7 Å². The second-order valence-corrected chi connectivity index (χ2v) is 6.35. The topological polar surface area (TPSA) is 111 Å². The normalized spacial score (nSPS) is 16.0. The average Bonchev–Trinajstić information content (AvgIpc) is 2.88. The molecule has 10 heteroatoms. The number of carbonyl (C=O) groups excluding carboxylic acids is 1. The van der Waals surface area contributed by atoms with Crippen LogP contribution in [0.4, 0.5) is 15.2 Å². The van der Waals surface area contributed by atoms with Gasteiger partial charge in [0.25, 0.3) is 11.6 Å². The molecule has 1 aliphatic rings. The summed E-state index contributed by atoms with van der Waals surface area (Å²) in [6, 6.07) is 3.00. The third-order valence-corrected chi connectivity index (χ3v) is 4.64. The van der Waals surface area contributed by atoms with Crippen LogP contribution in [0, 0.1) is 15.9 Å². The lowest BCUT2D eigenvalue weighted by atomic mass is 9.99. The van der Waals surface area contributed by atoms with Gasteiger partial charge in [0.1, 0.15) is 5.82 Å². The summed E-state index contributed by atoms with van der Waals surface area (Å²) in [4.78, 5) is 27.3. The van der Waals surface area contributed by atoms with E-state index in [2.05, 4.69) is 10.3 Å². The number of amides is 1. The third kappa shape index (κ3) is 3.69. The molecule has 2 aromatic rings. The molecule has 0 unspecified atom stereocenters. The van der Waals surface area contributed by atoms with Crippen molar-refractivity contribution in [1.29, 1.82) is 0 Å². The van der Waals surface area contributed by atoms with Crippen molar-refractivity contribution in [2.24, 2.45) is 5.73 Å². The van der Waals surface area contributed by atoms with E-state index in [9.17, 15) is 19.3 Å². The molecule has 0 saturated heterocycles. The quantitative estimate of drug-likeness (QED) is 0.635. The highest BCUT2D eigenvalue weighted by molar-refractivity contribution is 7.15. The zero-order valence-electron chi connectivity index (χ0n) is 12.3. The van der Waals surface area contributed by atoms with Gasteiger partial charge in [0, 0.05) is 17.0 Å². The summed E-state index contributed by atoms with van der Waals surface area (Å²) in [5.74, 6) is -1.63. The molecule has 0 aliphatic heterocycles. The summed E-state index contributed by atoms with van der Waals surface area (Å²) in [6.07, 6.45) is 2.32. The highest BCUT2D eigenvalue weighted by Crippen LogP contribution is 2.29. The number of nitrogens with one attached hydrogen (secondary N) is 1. The molecular weight excluding hydrogens is 359 g/mol. The van der Waals surface area contributed by atoms with Crippen LogP contribution in [0.2, 0.25) is 0 Å². The van der Waals surface area contributed by atoms with Gasteiger partial charge in [-0.3, -0.25) is 20.2 Å². The highest BCUT2D eigenvalue weighted by Gasteiger charge is 2.22. The number of carbonyl (C=O) groups is 1. The second kappa shape index (κ2) is 7.20. The fourth-order valence-electron chi connectivity index (χ4n) is 2.42. The van der Waals surface area contributed by atoms with E-state index in [0.717, 1.165) is 48.0 Å². The number of halogens is 2. The lowest BCUT2D eigenvalue weighted by Crippen LogP contribution is -2.27. The molecule has 1 aromatic carbocycles. The third-order valence-electron chi connectivity index (χ3n) is 3.61. The Balaban J connectivity index is 0.00000208. The molecule has 1 atom stereocenters. The van der Waals surface area contributed by atoms with Gasteiger partial charge in [-0.25, -0.2) is 9.37 Å². The first kappa shape index (κ1) is 18.2. The first-order chi connectivity index (χ1) is 10.9. The summed E-state index contributed by atoms with van der Waals surface area (Å²) in [6.45, 7) is 0. The fourth-order valence-corrected chi connectivity index (χ4v) is 3.52. The van der Waals surface area contributed by atoms with E-state index >= 15 is 0 Å². The summed E-state index contributed by atoms with van der Waals surface area (Å²) < 4.78 is 13.8. The number of nitrogens with two attached hydrogens (primary N) is 1. The molecule has 0 bridgehead atoms. The Morgan fingerprint density at radius 2 is 2.25 bits per heavy atom. The Morgan fingerprint density at radius 3 is 2.92 bits per heavy atom. The monoisotopic (exact) mass is 372 g/mol. The summed E-state index contributed by atoms with van der Waals surface area (Å²) in [7, 11) is 0. The zero-order chi connectivity index (χ0) is 16.6. The van der Waals surface area contributed by atoms with E-state index in [4.69, 9.17) is 5.73 Å². The van der Waals surface area contributed by atoms with E-state index in [1.807, 2.05) is 0 Å². The SMILES string of the molecule is Cl.N[C@H]1CCc2nc(NC(=O)c3ccc([N+](=O)[O-])cc3F)sc2C1. The molecule has 1 amide bonds. The number of fused-ring (bicyclic) bond motifs is 1. The summed E-state index contributed by atoms with van der Waals surface area (Å²) in [5.41, 5.74) is 6.14. The predicted molar refractivity (Wildman–Crippen MR) is 90.4 cm³/mol. The highest BCUT2D eigenvalue weighted by atomic mass is 35.5. The van der Waals surface area contributed by atoms with Gasteiger partial charge in [-0.2, -0.15) is 0 Å². The van der Waals surface area contributed by atoms with E-state index in [0.29, 0.717) is 5.13 Å². The molecule has 1 aliphatic carbocycles. The van der Waals surface area contributed by atoms with Crippen LogP contribution in [0.25, 0.3) is 0 Å². The number of hydrogen-bond donors (Lipinski definition) is 2. The van der Waals surface area contributed by atoms with Crippen LogP contribution >= 0.6 is 23.7 Å².